The number of aryl methyl sites for hydroxylation is 1. The van der Waals surface area contributed by atoms with Gasteiger partial charge >= 0.3 is 5.97 Å². The van der Waals surface area contributed by atoms with Crippen molar-refractivity contribution in [3.8, 4) is 11.5 Å². The van der Waals surface area contributed by atoms with Crippen LogP contribution >= 0.6 is 0 Å². The topological polar surface area (TPSA) is 77.8 Å². The maximum Gasteiger partial charge on any atom is 0.341 e. The Hall–Kier alpha value is -2.50. The number of ether oxygens (including phenoxy) is 2. The molecule has 0 aliphatic heterocycles. The average Bonchev–Trinajstić information content (AvgIpc) is 2.41. The quantitative estimate of drug-likeness (QED) is 0.901. The molecule has 6 heteroatoms. The molecule has 0 bridgehead atoms. The lowest BCUT2D eigenvalue weighted by Gasteiger charge is -2.12. The monoisotopic (exact) mass is 263 g/mol. The van der Waals surface area contributed by atoms with Gasteiger partial charge in [0, 0.05) is 18.5 Å². The Balaban J connectivity index is 2.89. The van der Waals surface area contributed by atoms with Crippen molar-refractivity contribution in [2.24, 2.45) is 7.05 Å². The number of fused-ring (bicyclic) bond motifs is 1. The highest BCUT2D eigenvalue weighted by Crippen LogP contribution is 2.31. The van der Waals surface area contributed by atoms with Gasteiger partial charge in [-0.25, -0.2) is 4.79 Å². The lowest BCUT2D eigenvalue weighted by Crippen LogP contribution is -2.24. The zero-order chi connectivity index (χ0) is 14.2. The first-order valence-electron chi connectivity index (χ1n) is 5.48. The lowest BCUT2D eigenvalue weighted by atomic mass is 10.1. The van der Waals surface area contributed by atoms with Gasteiger partial charge in [-0.1, -0.05) is 0 Å². The third-order valence-corrected chi connectivity index (χ3v) is 2.96. The van der Waals surface area contributed by atoms with E-state index in [0.717, 1.165) is 0 Å². The summed E-state index contributed by atoms with van der Waals surface area (Å²) in [7, 11) is 4.50. The third-order valence-electron chi connectivity index (χ3n) is 2.96. The van der Waals surface area contributed by atoms with Crippen LogP contribution in [-0.2, 0) is 7.05 Å². The fraction of sp³-hybridized carbons (Fsp3) is 0.231. The smallest absolute Gasteiger partial charge is 0.341 e. The summed E-state index contributed by atoms with van der Waals surface area (Å²) in [5.74, 6) is -0.296. The number of aromatic carboxylic acids is 1. The molecule has 0 fully saturated rings. The van der Waals surface area contributed by atoms with Crippen molar-refractivity contribution >= 4 is 16.9 Å². The van der Waals surface area contributed by atoms with Crippen molar-refractivity contribution in [2.45, 2.75) is 0 Å². The number of methoxy groups -OCH3 is 2. The summed E-state index contributed by atoms with van der Waals surface area (Å²) >= 11 is 0. The molecule has 0 unspecified atom stereocenters. The summed E-state index contributed by atoms with van der Waals surface area (Å²) in [6.45, 7) is 0. The molecule has 2 rings (SSSR count). The Labute approximate surface area is 108 Å². The molecule has 1 N–H and O–H groups in total. The van der Waals surface area contributed by atoms with E-state index in [2.05, 4.69) is 0 Å². The second-order valence-corrected chi connectivity index (χ2v) is 3.99. The van der Waals surface area contributed by atoms with Crippen LogP contribution < -0.4 is 15.0 Å². The highest BCUT2D eigenvalue weighted by atomic mass is 16.5. The van der Waals surface area contributed by atoms with Gasteiger partial charge in [0.25, 0.3) is 5.56 Å². The van der Waals surface area contributed by atoms with Gasteiger partial charge in [0.2, 0.25) is 0 Å². The molecular formula is C13H13NO5. The molecule has 0 saturated heterocycles. The number of pyridine rings is 1. The van der Waals surface area contributed by atoms with Crippen LogP contribution in [0.1, 0.15) is 10.4 Å². The van der Waals surface area contributed by atoms with E-state index in [-0.39, 0.29) is 5.56 Å². The van der Waals surface area contributed by atoms with Crippen molar-refractivity contribution in [2.75, 3.05) is 14.2 Å². The highest BCUT2D eigenvalue weighted by molar-refractivity contribution is 5.93. The van der Waals surface area contributed by atoms with Crippen molar-refractivity contribution in [1.82, 2.24) is 4.57 Å². The van der Waals surface area contributed by atoms with E-state index in [1.165, 1.54) is 31.9 Å². The van der Waals surface area contributed by atoms with Gasteiger partial charge < -0.3 is 19.1 Å². The van der Waals surface area contributed by atoms with E-state index in [1.54, 1.807) is 12.1 Å². The number of rotatable bonds is 3. The van der Waals surface area contributed by atoms with E-state index in [1.807, 2.05) is 0 Å². The fourth-order valence-corrected chi connectivity index (χ4v) is 1.95. The maximum atomic E-state index is 11.9. The molecule has 100 valence electrons. The Morgan fingerprint density at radius 1 is 1.16 bits per heavy atom. The normalized spacial score (nSPS) is 10.5. The van der Waals surface area contributed by atoms with Crippen LogP contribution in [0.2, 0.25) is 0 Å². The van der Waals surface area contributed by atoms with Gasteiger partial charge in [-0.15, -0.1) is 0 Å². The summed E-state index contributed by atoms with van der Waals surface area (Å²) in [4.78, 5) is 22.9. The SMILES string of the molecule is COc1cc2cc(C(=O)O)c(=O)n(C)c2cc1OC. The maximum absolute atomic E-state index is 11.9. The summed E-state index contributed by atoms with van der Waals surface area (Å²) in [6.07, 6.45) is 0. The number of benzene rings is 1. The molecule has 0 amide bonds. The highest BCUT2D eigenvalue weighted by Gasteiger charge is 2.15. The number of carbonyl (C=O) groups is 1. The molecule has 0 radical (unpaired) electrons. The second kappa shape index (κ2) is 4.64. The van der Waals surface area contributed by atoms with Gasteiger partial charge in [0.05, 0.1) is 19.7 Å². The number of hydrogen-bond acceptors (Lipinski definition) is 4. The van der Waals surface area contributed by atoms with E-state index in [0.29, 0.717) is 22.4 Å². The number of hydrogen-bond donors (Lipinski definition) is 1. The predicted molar refractivity (Wildman–Crippen MR) is 69.3 cm³/mol. The first-order valence-corrected chi connectivity index (χ1v) is 5.48. The van der Waals surface area contributed by atoms with Crippen LogP contribution in [0.5, 0.6) is 11.5 Å². The predicted octanol–water partition coefficient (Wildman–Crippen LogP) is 1.25. The van der Waals surface area contributed by atoms with Crippen LogP contribution in [0.25, 0.3) is 10.9 Å². The zero-order valence-electron chi connectivity index (χ0n) is 10.8. The minimum absolute atomic E-state index is 0.276. The van der Waals surface area contributed by atoms with E-state index < -0.39 is 11.5 Å². The van der Waals surface area contributed by atoms with Crippen LogP contribution in [0, 0.1) is 0 Å². The number of nitrogens with zero attached hydrogens (tertiary/aromatic N) is 1. The molecule has 2 aromatic rings. The molecule has 6 nitrogen and oxygen atoms in total. The van der Waals surface area contributed by atoms with E-state index in [9.17, 15) is 9.59 Å². The summed E-state index contributed by atoms with van der Waals surface area (Å²) in [5, 5.41) is 9.60. The molecule has 0 atom stereocenters. The molecule has 1 aromatic carbocycles. The average molecular weight is 263 g/mol. The van der Waals surface area contributed by atoms with Crippen molar-refractivity contribution in [1.29, 1.82) is 0 Å². The first kappa shape index (κ1) is 12.9. The molecule has 1 heterocycles. The van der Waals surface area contributed by atoms with Gasteiger partial charge in [0.1, 0.15) is 5.56 Å². The molecule has 0 spiro atoms. The van der Waals surface area contributed by atoms with E-state index >= 15 is 0 Å². The van der Waals surface area contributed by atoms with Crippen LogP contribution in [0.4, 0.5) is 0 Å². The summed E-state index contributed by atoms with van der Waals surface area (Å²) < 4.78 is 11.6. The molecule has 1 aromatic heterocycles. The molecular weight excluding hydrogens is 250 g/mol. The second-order valence-electron chi connectivity index (χ2n) is 3.99. The minimum Gasteiger partial charge on any atom is -0.493 e. The molecule has 0 saturated carbocycles. The minimum atomic E-state index is -1.25. The van der Waals surface area contributed by atoms with Crippen LogP contribution in [-0.4, -0.2) is 29.9 Å². The Kier molecular flexibility index (Phi) is 3.16. The standard InChI is InChI=1S/C13H13NO5/c1-14-9-6-11(19-3)10(18-2)5-7(9)4-8(12(14)15)13(16)17/h4-6H,1-3H3,(H,16,17). The molecule has 0 aliphatic carbocycles. The summed E-state index contributed by atoms with van der Waals surface area (Å²) in [5.41, 5.74) is -0.262. The van der Waals surface area contributed by atoms with Gasteiger partial charge in [-0.05, 0) is 12.1 Å². The summed E-state index contributed by atoms with van der Waals surface area (Å²) in [6, 6.07) is 4.61. The first-order chi connectivity index (χ1) is 8.99. The van der Waals surface area contributed by atoms with Crippen molar-refractivity contribution in [3.63, 3.8) is 0 Å². The van der Waals surface area contributed by atoms with Gasteiger partial charge in [-0.3, -0.25) is 4.79 Å². The number of carboxylic acid groups (broad SMARTS) is 1. The third kappa shape index (κ3) is 2.01. The fourth-order valence-electron chi connectivity index (χ4n) is 1.95. The van der Waals surface area contributed by atoms with Crippen LogP contribution in [0.3, 0.4) is 0 Å². The van der Waals surface area contributed by atoms with Crippen molar-refractivity contribution < 1.29 is 19.4 Å². The molecule has 0 aliphatic rings. The number of aromatic nitrogens is 1. The van der Waals surface area contributed by atoms with E-state index in [4.69, 9.17) is 14.6 Å². The Bertz CT molecular complexity index is 717. The Morgan fingerprint density at radius 2 is 1.74 bits per heavy atom. The van der Waals surface area contributed by atoms with Crippen LogP contribution in [0.15, 0.2) is 23.0 Å². The van der Waals surface area contributed by atoms with Gasteiger partial charge in [0.15, 0.2) is 11.5 Å². The number of carboxylic acids is 1. The zero-order valence-corrected chi connectivity index (χ0v) is 10.8. The molecule has 19 heavy (non-hydrogen) atoms. The largest absolute Gasteiger partial charge is 0.493 e. The Morgan fingerprint density at radius 3 is 2.26 bits per heavy atom. The van der Waals surface area contributed by atoms with Crippen molar-refractivity contribution in [3.05, 3.63) is 34.1 Å². The lowest BCUT2D eigenvalue weighted by molar-refractivity contribution is 0.0694. The van der Waals surface area contributed by atoms with Gasteiger partial charge in [-0.2, -0.15) is 0 Å².